The average molecular weight is 219 g/mol. The van der Waals surface area contributed by atoms with Crippen molar-refractivity contribution in [3.63, 3.8) is 0 Å². The first kappa shape index (κ1) is 10.2. The van der Waals surface area contributed by atoms with Crippen LogP contribution in [-0.2, 0) is 0 Å². The average Bonchev–Trinajstić information content (AvgIpc) is 2.60. The summed E-state index contributed by atoms with van der Waals surface area (Å²) < 4.78 is 4.96. The number of nitrogens with zero attached hydrogens (tertiary/aromatic N) is 1. The van der Waals surface area contributed by atoms with Gasteiger partial charge in [-0.25, -0.2) is 4.79 Å². The maximum Gasteiger partial charge on any atom is 0.358 e. The third-order valence-corrected chi connectivity index (χ3v) is 2.23. The number of carboxylic acid groups (broad SMARTS) is 1. The summed E-state index contributed by atoms with van der Waals surface area (Å²) in [5.74, 6) is -0.689. The molecule has 0 aliphatic heterocycles. The van der Waals surface area contributed by atoms with Gasteiger partial charge in [0.05, 0.1) is 0 Å². The molecule has 0 radical (unpaired) electrons. The maximum absolute atomic E-state index is 10.8. The second-order valence-corrected chi connectivity index (χ2v) is 3.34. The van der Waals surface area contributed by atoms with E-state index in [9.17, 15) is 9.90 Å². The van der Waals surface area contributed by atoms with Crippen molar-refractivity contribution in [3.05, 3.63) is 35.5 Å². The molecule has 0 aliphatic rings. The summed E-state index contributed by atoms with van der Waals surface area (Å²) in [6.45, 7) is 1.61. The van der Waals surface area contributed by atoms with E-state index < -0.39 is 5.97 Å². The van der Waals surface area contributed by atoms with Crippen molar-refractivity contribution in [2.24, 2.45) is 0 Å². The first-order valence-electron chi connectivity index (χ1n) is 4.58. The Kier molecular flexibility index (Phi) is 2.36. The quantitative estimate of drug-likeness (QED) is 0.807. The van der Waals surface area contributed by atoms with E-state index in [0.29, 0.717) is 16.9 Å². The number of rotatable bonds is 2. The van der Waals surface area contributed by atoms with E-state index in [0.717, 1.165) is 0 Å². The molecule has 2 rings (SSSR count). The highest BCUT2D eigenvalue weighted by atomic mass is 16.5. The van der Waals surface area contributed by atoms with E-state index in [-0.39, 0.29) is 11.4 Å². The largest absolute Gasteiger partial charge is 0.508 e. The minimum absolute atomic E-state index is 0.0881. The van der Waals surface area contributed by atoms with Crippen molar-refractivity contribution < 1.29 is 19.5 Å². The monoisotopic (exact) mass is 219 g/mol. The summed E-state index contributed by atoms with van der Waals surface area (Å²) in [5, 5.41) is 21.6. The predicted octanol–water partition coefficient (Wildman–Crippen LogP) is 2.05. The SMILES string of the molecule is Cc1c(C(=O)O)noc1-c1cccc(O)c1. The second kappa shape index (κ2) is 3.69. The highest BCUT2D eigenvalue weighted by molar-refractivity contribution is 5.88. The van der Waals surface area contributed by atoms with Crippen LogP contribution in [0.25, 0.3) is 11.3 Å². The highest BCUT2D eigenvalue weighted by Crippen LogP contribution is 2.27. The van der Waals surface area contributed by atoms with Gasteiger partial charge >= 0.3 is 5.97 Å². The molecule has 1 aromatic carbocycles. The number of hydrogen-bond donors (Lipinski definition) is 2. The minimum Gasteiger partial charge on any atom is -0.508 e. The molecule has 0 unspecified atom stereocenters. The molecule has 0 amide bonds. The van der Waals surface area contributed by atoms with E-state index in [2.05, 4.69) is 5.16 Å². The Morgan fingerprint density at radius 2 is 2.19 bits per heavy atom. The Bertz CT molecular complexity index is 545. The van der Waals surface area contributed by atoms with E-state index >= 15 is 0 Å². The lowest BCUT2D eigenvalue weighted by Crippen LogP contribution is -1.98. The van der Waals surface area contributed by atoms with Crippen LogP contribution in [0.5, 0.6) is 5.75 Å². The van der Waals surface area contributed by atoms with Crippen molar-refractivity contribution >= 4 is 5.97 Å². The molecule has 0 saturated carbocycles. The van der Waals surface area contributed by atoms with E-state index in [1.165, 1.54) is 12.1 Å². The number of aromatic carboxylic acids is 1. The lowest BCUT2D eigenvalue weighted by atomic mass is 10.1. The molecule has 0 atom stereocenters. The smallest absolute Gasteiger partial charge is 0.358 e. The van der Waals surface area contributed by atoms with Crippen LogP contribution in [0.4, 0.5) is 0 Å². The van der Waals surface area contributed by atoms with Crippen LogP contribution in [0, 0.1) is 6.92 Å². The van der Waals surface area contributed by atoms with Crippen LogP contribution in [0.1, 0.15) is 16.1 Å². The van der Waals surface area contributed by atoms with Gasteiger partial charge in [0.25, 0.3) is 0 Å². The van der Waals surface area contributed by atoms with Crippen LogP contribution in [0.15, 0.2) is 28.8 Å². The molecular weight excluding hydrogens is 210 g/mol. The predicted molar refractivity (Wildman–Crippen MR) is 55.3 cm³/mol. The summed E-state index contributed by atoms with van der Waals surface area (Å²) in [4.78, 5) is 10.8. The first-order valence-corrected chi connectivity index (χ1v) is 4.58. The Morgan fingerprint density at radius 1 is 1.44 bits per heavy atom. The standard InChI is InChI=1S/C11H9NO4/c1-6-9(11(14)15)12-16-10(6)7-3-2-4-8(13)5-7/h2-5,13H,1H3,(H,14,15). The van der Waals surface area contributed by atoms with Crippen LogP contribution in [-0.4, -0.2) is 21.3 Å². The Balaban J connectivity index is 2.53. The van der Waals surface area contributed by atoms with Gasteiger partial charge in [0, 0.05) is 11.1 Å². The zero-order chi connectivity index (χ0) is 11.7. The molecule has 5 heteroatoms. The molecule has 2 aromatic rings. The van der Waals surface area contributed by atoms with Gasteiger partial charge in [-0.1, -0.05) is 17.3 Å². The van der Waals surface area contributed by atoms with Crippen LogP contribution >= 0.6 is 0 Å². The lowest BCUT2D eigenvalue weighted by molar-refractivity contribution is 0.0685. The molecule has 1 aromatic heterocycles. The Morgan fingerprint density at radius 3 is 2.75 bits per heavy atom. The van der Waals surface area contributed by atoms with Crippen molar-refractivity contribution in [2.45, 2.75) is 6.92 Å². The van der Waals surface area contributed by atoms with Gasteiger partial charge in [-0.3, -0.25) is 0 Å². The fourth-order valence-electron chi connectivity index (χ4n) is 1.45. The van der Waals surface area contributed by atoms with Crippen molar-refractivity contribution in [3.8, 4) is 17.1 Å². The summed E-state index contributed by atoms with van der Waals surface area (Å²) in [6.07, 6.45) is 0. The van der Waals surface area contributed by atoms with E-state index in [4.69, 9.17) is 9.63 Å². The lowest BCUT2D eigenvalue weighted by Gasteiger charge is -1.97. The summed E-state index contributed by atoms with van der Waals surface area (Å²) in [7, 11) is 0. The van der Waals surface area contributed by atoms with Crippen molar-refractivity contribution in [1.29, 1.82) is 0 Å². The summed E-state index contributed by atoms with van der Waals surface area (Å²) in [6, 6.07) is 6.36. The minimum atomic E-state index is -1.13. The highest BCUT2D eigenvalue weighted by Gasteiger charge is 2.18. The number of aromatic hydroxyl groups is 1. The summed E-state index contributed by atoms with van der Waals surface area (Å²) >= 11 is 0. The van der Waals surface area contributed by atoms with E-state index in [1.54, 1.807) is 19.1 Å². The molecule has 0 spiro atoms. The molecule has 1 heterocycles. The fraction of sp³-hybridized carbons (Fsp3) is 0.0909. The normalized spacial score (nSPS) is 10.3. The molecule has 0 saturated heterocycles. The number of carboxylic acids is 1. The van der Waals surface area contributed by atoms with Gasteiger partial charge in [0.2, 0.25) is 0 Å². The number of phenolic OH excluding ortho intramolecular Hbond substituents is 1. The summed E-state index contributed by atoms with van der Waals surface area (Å²) in [5.41, 5.74) is 0.925. The molecule has 82 valence electrons. The van der Waals surface area contributed by atoms with Gasteiger partial charge < -0.3 is 14.7 Å². The number of hydrogen-bond acceptors (Lipinski definition) is 4. The first-order chi connectivity index (χ1) is 7.59. The molecule has 16 heavy (non-hydrogen) atoms. The van der Waals surface area contributed by atoms with Gasteiger partial charge in [-0.2, -0.15) is 0 Å². The number of benzene rings is 1. The van der Waals surface area contributed by atoms with Gasteiger partial charge in [-0.05, 0) is 19.1 Å². The maximum atomic E-state index is 10.8. The zero-order valence-corrected chi connectivity index (χ0v) is 8.47. The number of carbonyl (C=O) groups is 1. The van der Waals surface area contributed by atoms with Crippen LogP contribution in [0.2, 0.25) is 0 Å². The fourth-order valence-corrected chi connectivity index (χ4v) is 1.45. The van der Waals surface area contributed by atoms with Gasteiger partial charge in [0.15, 0.2) is 11.5 Å². The van der Waals surface area contributed by atoms with Crippen molar-refractivity contribution in [1.82, 2.24) is 5.16 Å². The van der Waals surface area contributed by atoms with Crippen LogP contribution in [0.3, 0.4) is 0 Å². The number of phenols is 1. The van der Waals surface area contributed by atoms with Gasteiger partial charge in [-0.15, -0.1) is 0 Å². The zero-order valence-electron chi connectivity index (χ0n) is 8.47. The molecule has 0 aliphatic carbocycles. The molecule has 2 N–H and O–H groups in total. The third kappa shape index (κ3) is 1.63. The molecule has 0 fully saturated rings. The van der Waals surface area contributed by atoms with Gasteiger partial charge in [0.1, 0.15) is 5.75 Å². The molecular formula is C11H9NO4. The molecule has 0 bridgehead atoms. The van der Waals surface area contributed by atoms with Crippen LogP contribution < -0.4 is 0 Å². The number of aromatic nitrogens is 1. The van der Waals surface area contributed by atoms with Crippen molar-refractivity contribution in [2.75, 3.05) is 0 Å². The third-order valence-electron chi connectivity index (χ3n) is 2.23. The molecule has 5 nitrogen and oxygen atoms in total. The second-order valence-electron chi connectivity index (χ2n) is 3.34. The Hall–Kier alpha value is -2.30. The van der Waals surface area contributed by atoms with E-state index in [1.807, 2.05) is 0 Å². The topological polar surface area (TPSA) is 83.6 Å². The Labute approximate surface area is 90.9 Å².